The number of aryl methyl sites for hydroxylation is 1. The Balaban J connectivity index is 2.45. The Kier molecular flexibility index (Phi) is 2.72. The summed E-state index contributed by atoms with van der Waals surface area (Å²) < 4.78 is 1.04. The van der Waals surface area contributed by atoms with Crippen molar-refractivity contribution in [1.29, 1.82) is 0 Å². The summed E-state index contributed by atoms with van der Waals surface area (Å²) >= 11 is 3.56. The molecule has 0 atom stereocenters. The van der Waals surface area contributed by atoms with E-state index in [0.29, 0.717) is 5.92 Å². The molecule has 4 heteroatoms. The molecule has 1 aliphatic carbocycles. The highest BCUT2D eigenvalue weighted by molar-refractivity contribution is 9.10. The number of hydrogen-bond donors (Lipinski definition) is 1. The highest BCUT2D eigenvalue weighted by Gasteiger charge is 2.29. The van der Waals surface area contributed by atoms with Gasteiger partial charge in [-0.05, 0) is 28.8 Å². The molecule has 1 aromatic heterocycles. The molecule has 1 heterocycles. The molecule has 0 spiro atoms. The zero-order chi connectivity index (χ0) is 10.1. The van der Waals surface area contributed by atoms with Crippen LogP contribution < -0.4 is 5.32 Å². The maximum atomic E-state index is 4.56. The largest absolute Gasteiger partial charge is 0.372 e. The Morgan fingerprint density at radius 2 is 2.14 bits per heavy atom. The van der Waals surface area contributed by atoms with Crippen molar-refractivity contribution in [2.75, 3.05) is 12.4 Å². The number of rotatable bonds is 3. The zero-order valence-corrected chi connectivity index (χ0v) is 10.1. The normalized spacial score (nSPS) is 15.6. The van der Waals surface area contributed by atoms with Gasteiger partial charge in [0, 0.05) is 19.4 Å². The Labute approximate surface area is 92.5 Å². The Morgan fingerprint density at radius 1 is 1.43 bits per heavy atom. The summed E-state index contributed by atoms with van der Waals surface area (Å²) in [6, 6.07) is 0. The van der Waals surface area contributed by atoms with Gasteiger partial charge < -0.3 is 5.32 Å². The van der Waals surface area contributed by atoms with Crippen molar-refractivity contribution in [2.24, 2.45) is 0 Å². The van der Waals surface area contributed by atoms with E-state index >= 15 is 0 Å². The molecule has 76 valence electrons. The number of nitrogens with zero attached hydrogens (tertiary/aromatic N) is 2. The maximum absolute atomic E-state index is 4.56. The minimum atomic E-state index is 0.657. The molecule has 0 aliphatic heterocycles. The van der Waals surface area contributed by atoms with Crippen LogP contribution in [0.5, 0.6) is 0 Å². The number of hydrogen-bond acceptors (Lipinski definition) is 3. The molecular formula is C10H14BrN3. The van der Waals surface area contributed by atoms with Gasteiger partial charge >= 0.3 is 0 Å². The molecule has 2 rings (SSSR count). The first-order valence-corrected chi connectivity index (χ1v) is 5.79. The van der Waals surface area contributed by atoms with E-state index in [1.165, 1.54) is 18.5 Å². The molecule has 3 nitrogen and oxygen atoms in total. The van der Waals surface area contributed by atoms with E-state index in [0.717, 1.165) is 22.5 Å². The SMILES string of the molecule is CCc1nc(NC)c(Br)c(C2CC2)n1. The van der Waals surface area contributed by atoms with Crippen LogP contribution in [0, 0.1) is 0 Å². The summed E-state index contributed by atoms with van der Waals surface area (Å²) in [4.78, 5) is 8.97. The third-order valence-corrected chi connectivity index (χ3v) is 3.22. The molecule has 0 amide bonds. The predicted octanol–water partition coefficient (Wildman–Crippen LogP) is 2.72. The van der Waals surface area contributed by atoms with E-state index in [2.05, 4.69) is 38.1 Å². The molecule has 14 heavy (non-hydrogen) atoms. The number of nitrogens with one attached hydrogen (secondary N) is 1. The average molecular weight is 256 g/mol. The molecular weight excluding hydrogens is 242 g/mol. The Morgan fingerprint density at radius 3 is 2.64 bits per heavy atom. The quantitative estimate of drug-likeness (QED) is 0.903. The van der Waals surface area contributed by atoms with Crippen LogP contribution in [-0.2, 0) is 6.42 Å². The zero-order valence-electron chi connectivity index (χ0n) is 8.47. The molecule has 1 aromatic rings. The topological polar surface area (TPSA) is 37.8 Å². The van der Waals surface area contributed by atoms with Crippen molar-refractivity contribution in [2.45, 2.75) is 32.1 Å². The van der Waals surface area contributed by atoms with E-state index in [-0.39, 0.29) is 0 Å². The Hall–Kier alpha value is -0.640. The molecule has 1 saturated carbocycles. The van der Waals surface area contributed by atoms with E-state index < -0.39 is 0 Å². The lowest BCUT2D eigenvalue weighted by Crippen LogP contribution is -2.04. The van der Waals surface area contributed by atoms with Crippen molar-refractivity contribution in [3.05, 3.63) is 16.0 Å². The first-order chi connectivity index (χ1) is 6.76. The van der Waals surface area contributed by atoms with Gasteiger partial charge in [0.2, 0.25) is 0 Å². The van der Waals surface area contributed by atoms with Gasteiger partial charge in [0.25, 0.3) is 0 Å². The van der Waals surface area contributed by atoms with Crippen molar-refractivity contribution in [3.63, 3.8) is 0 Å². The van der Waals surface area contributed by atoms with E-state index in [1.807, 2.05) is 7.05 Å². The lowest BCUT2D eigenvalue weighted by atomic mass is 10.2. The highest BCUT2D eigenvalue weighted by Crippen LogP contribution is 2.43. The second kappa shape index (κ2) is 3.85. The molecule has 1 N–H and O–H groups in total. The molecule has 1 fully saturated rings. The van der Waals surface area contributed by atoms with Crippen molar-refractivity contribution in [1.82, 2.24) is 9.97 Å². The van der Waals surface area contributed by atoms with Gasteiger partial charge in [0.1, 0.15) is 11.6 Å². The number of aromatic nitrogens is 2. The molecule has 0 unspecified atom stereocenters. The fraction of sp³-hybridized carbons (Fsp3) is 0.600. The predicted molar refractivity (Wildman–Crippen MR) is 60.6 cm³/mol. The monoisotopic (exact) mass is 255 g/mol. The van der Waals surface area contributed by atoms with E-state index in [9.17, 15) is 0 Å². The van der Waals surface area contributed by atoms with Crippen LogP contribution in [0.1, 0.15) is 37.2 Å². The summed E-state index contributed by atoms with van der Waals surface area (Å²) in [5, 5.41) is 3.10. The molecule has 0 saturated heterocycles. The third-order valence-electron chi connectivity index (χ3n) is 2.44. The van der Waals surface area contributed by atoms with Gasteiger partial charge in [0.05, 0.1) is 10.2 Å². The first-order valence-electron chi connectivity index (χ1n) is 5.00. The fourth-order valence-electron chi connectivity index (χ4n) is 1.46. The lowest BCUT2D eigenvalue weighted by molar-refractivity contribution is 0.876. The molecule has 0 radical (unpaired) electrons. The summed E-state index contributed by atoms with van der Waals surface area (Å²) in [6.45, 7) is 2.08. The van der Waals surface area contributed by atoms with Crippen LogP contribution in [0.2, 0.25) is 0 Å². The molecule has 1 aliphatic rings. The van der Waals surface area contributed by atoms with Gasteiger partial charge in [-0.1, -0.05) is 6.92 Å². The van der Waals surface area contributed by atoms with Crippen molar-refractivity contribution in [3.8, 4) is 0 Å². The molecule has 0 aromatic carbocycles. The number of halogens is 1. The summed E-state index contributed by atoms with van der Waals surface area (Å²) in [6.07, 6.45) is 3.42. The van der Waals surface area contributed by atoms with Gasteiger partial charge in [-0.3, -0.25) is 0 Å². The van der Waals surface area contributed by atoms with E-state index in [4.69, 9.17) is 0 Å². The summed E-state index contributed by atoms with van der Waals surface area (Å²) in [5.41, 5.74) is 1.18. The van der Waals surface area contributed by atoms with Crippen LogP contribution in [0.4, 0.5) is 5.82 Å². The van der Waals surface area contributed by atoms with Crippen LogP contribution in [0.25, 0.3) is 0 Å². The van der Waals surface area contributed by atoms with Gasteiger partial charge in [-0.15, -0.1) is 0 Å². The fourth-order valence-corrected chi connectivity index (χ4v) is 2.16. The van der Waals surface area contributed by atoms with Crippen molar-refractivity contribution < 1.29 is 0 Å². The number of anilines is 1. The van der Waals surface area contributed by atoms with Gasteiger partial charge in [-0.25, -0.2) is 9.97 Å². The lowest BCUT2D eigenvalue weighted by Gasteiger charge is -2.09. The minimum Gasteiger partial charge on any atom is -0.372 e. The summed E-state index contributed by atoms with van der Waals surface area (Å²) in [7, 11) is 1.89. The highest BCUT2D eigenvalue weighted by atomic mass is 79.9. The first kappa shape index (κ1) is 9.90. The van der Waals surface area contributed by atoms with E-state index in [1.54, 1.807) is 0 Å². The smallest absolute Gasteiger partial charge is 0.144 e. The van der Waals surface area contributed by atoms with Crippen LogP contribution in [-0.4, -0.2) is 17.0 Å². The third kappa shape index (κ3) is 1.75. The maximum Gasteiger partial charge on any atom is 0.144 e. The van der Waals surface area contributed by atoms with Crippen molar-refractivity contribution >= 4 is 21.7 Å². The van der Waals surface area contributed by atoms with Crippen LogP contribution in [0.15, 0.2) is 4.47 Å². The van der Waals surface area contributed by atoms with Gasteiger partial charge in [0.15, 0.2) is 0 Å². The second-order valence-electron chi connectivity index (χ2n) is 3.57. The Bertz CT molecular complexity index is 347. The average Bonchev–Trinajstić information content (AvgIpc) is 3.02. The van der Waals surface area contributed by atoms with Crippen LogP contribution in [0.3, 0.4) is 0 Å². The van der Waals surface area contributed by atoms with Gasteiger partial charge in [-0.2, -0.15) is 0 Å². The van der Waals surface area contributed by atoms with Crippen LogP contribution >= 0.6 is 15.9 Å². The minimum absolute atomic E-state index is 0.657. The molecule has 0 bridgehead atoms. The second-order valence-corrected chi connectivity index (χ2v) is 4.36. The standard InChI is InChI=1S/C10H14BrN3/c1-3-7-13-9(6-4-5-6)8(11)10(12-2)14-7/h6H,3-5H2,1-2H3,(H,12,13,14). The summed E-state index contributed by atoms with van der Waals surface area (Å²) in [5.74, 6) is 2.50.